The number of fused-ring (bicyclic) bond motifs is 1. The van der Waals surface area contributed by atoms with Crippen molar-refractivity contribution in [2.75, 3.05) is 0 Å². The highest BCUT2D eigenvalue weighted by Gasteiger charge is 2.32. The van der Waals surface area contributed by atoms with Crippen LogP contribution in [0.5, 0.6) is 0 Å². The van der Waals surface area contributed by atoms with Gasteiger partial charge in [-0.05, 0) is 30.0 Å². The smallest absolute Gasteiger partial charge is 0.253 e. The van der Waals surface area contributed by atoms with E-state index >= 15 is 0 Å². The Balaban J connectivity index is 1.56. The van der Waals surface area contributed by atoms with E-state index in [4.69, 9.17) is 4.42 Å². The van der Waals surface area contributed by atoms with Crippen molar-refractivity contribution in [2.45, 2.75) is 32.1 Å². The molecule has 5 heteroatoms. The van der Waals surface area contributed by atoms with Crippen LogP contribution in [0.2, 0.25) is 0 Å². The van der Waals surface area contributed by atoms with Gasteiger partial charge in [0.05, 0.1) is 11.3 Å². The second-order valence-electron chi connectivity index (χ2n) is 6.15. The number of hydrogen-bond donors (Lipinski definition) is 0. The maximum absolute atomic E-state index is 12.1. The maximum atomic E-state index is 12.1. The van der Waals surface area contributed by atoms with Crippen molar-refractivity contribution in [1.29, 1.82) is 0 Å². The summed E-state index contributed by atoms with van der Waals surface area (Å²) in [5.74, 6) is 1.74. The normalized spacial score (nSPS) is 21.7. The van der Waals surface area contributed by atoms with Crippen LogP contribution in [0.25, 0.3) is 6.08 Å². The fraction of sp³-hybridized carbons (Fsp3) is 0.412. The monoisotopic (exact) mass is 295 g/mol. The van der Waals surface area contributed by atoms with Crippen molar-refractivity contribution in [2.24, 2.45) is 16.8 Å². The van der Waals surface area contributed by atoms with E-state index in [1.807, 2.05) is 30.3 Å². The van der Waals surface area contributed by atoms with Gasteiger partial charge >= 0.3 is 0 Å². The number of aromatic nitrogens is 2. The lowest BCUT2D eigenvalue weighted by atomic mass is 10.0. The molecular formula is C17H17N3O2. The van der Waals surface area contributed by atoms with Crippen molar-refractivity contribution in [3.8, 4) is 0 Å². The summed E-state index contributed by atoms with van der Waals surface area (Å²) in [5, 5.41) is 9.96. The Morgan fingerprint density at radius 1 is 1.27 bits per heavy atom. The number of carbonyl (C=O) groups is 1. The molecule has 0 saturated heterocycles. The van der Waals surface area contributed by atoms with Crippen molar-refractivity contribution in [3.05, 3.63) is 46.6 Å². The van der Waals surface area contributed by atoms with E-state index < -0.39 is 0 Å². The molecule has 112 valence electrons. The summed E-state index contributed by atoms with van der Waals surface area (Å²) in [7, 11) is 0. The van der Waals surface area contributed by atoms with E-state index in [1.54, 1.807) is 0 Å². The van der Waals surface area contributed by atoms with Crippen LogP contribution in [0, 0.1) is 11.8 Å². The Morgan fingerprint density at radius 3 is 2.91 bits per heavy atom. The first-order chi connectivity index (χ1) is 10.7. The molecule has 0 radical (unpaired) electrons. The minimum Gasteiger partial charge on any atom is -0.425 e. The largest absolute Gasteiger partial charge is 0.425 e. The molecule has 1 aliphatic heterocycles. The van der Waals surface area contributed by atoms with Crippen LogP contribution in [0.15, 0.2) is 33.7 Å². The highest BCUT2D eigenvalue weighted by Crippen LogP contribution is 2.41. The fourth-order valence-corrected chi connectivity index (χ4v) is 2.89. The van der Waals surface area contributed by atoms with Gasteiger partial charge in [-0.1, -0.05) is 31.2 Å². The van der Waals surface area contributed by atoms with Crippen LogP contribution < -0.4 is 10.6 Å². The van der Waals surface area contributed by atoms with Gasteiger partial charge in [-0.2, -0.15) is 0 Å². The second kappa shape index (κ2) is 5.16. The zero-order valence-electron chi connectivity index (χ0n) is 12.4. The van der Waals surface area contributed by atoms with Crippen LogP contribution in [-0.2, 0) is 11.2 Å². The summed E-state index contributed by atoms with van der Waals surface area (Å²) in [6, 6.07) is 7.64. The lowest BCUT2D eigenvalue weighted by Crippen LogP contribution is -2.34. The van der Waals surface area contributed by atoms with Crippen LogP contribution in [0.3, 0.4) is 0 Å². The van der Waals surface area contributed by atoms with Gasteiger partial charge in [0.25, 0.3) is 5.91 Å². The Kier molecular flexibility index (Phi) is 3.13. The Bertz CT molecular complexity index is 836. The van der Waals surface area contributed by atoms with Gasteiger partial charge < -0.3 is 4.42 Å². The fourth-order valence-electron chi connectivity index (χ4n) is 2.89. The predicted molar refractivity (Wildman–Crippen MR) is 79.3 cm³/mol. The van der Waals surface area contributed by atoms with Gasteiger partial charge in [0.2, 0.25) is 11.8 Å². The number of carbonyl (C=O) groups excluding carboxylic acids is 1. The van der Waals surface area contributed by atoms with Gasteiger partial charge in [0, 0.05) is 12.3 Å². The van der Waals surface area contributed by atoms with E-state index in [2.05, 4.69) is 22.1 Å². The van der Waals surface area contributed by atoms with Gasteiger partial charge in [0.15, 0.2) is 0 Å². The first-order valence-electron chi connectivity index (χ1n) is 7.72. The summed E-state index contributed by atoms with van der Waals surface area (Å²) >= 11 is 0. The molecule has 2 heterocycles. The Labute approximate surface area is 127 Å². The minimum atomic E-state index is -0.320. The first kappa shape index (κ1) is 13.4. The van der Waals surface area contributed by atoms with E-state index in [9.17, 15) is 4.79 Å². The lowest BCUT2D eigenvalue weighted by molar-refractivity contribution is -0.120. The lowest BCUT2D eigenvalue weighted by Gasteiger charge is -2.09. The van der Waals surface area contributed by atoms with E-state index in [-0.39, 0.29) is 11.8 Å². The van der Waals surface area contributed by atoms with Gasteiger partial charge in [-0.3, -0.25) is 4.79 Å². The molecule has 2 atom stereocenters. The third kappa shape index (κ3) is 2.47. The Hall–Kier alpha value is -2.30. The van der Waals surface area contributed by atoms with Crippen molar-refractivity contribution in [1.82, 2.24) is 10.2 Å². The number of para-hydroxylation sites is 1. The van der Waals surface area contributed by atoms with E-state index in [0.717, 1.165) is 10.6 Å². The molecule has 2 aromatic rings. The Morgan fingerprint density at radius 2 is 2.09 bits per heavy atom. The maximum Gasteiger partial charge on any atom is 0.253 e. The van der Waals surface area contributed by atoms with Crippen LogP contribution in [0.4, 0.5) is 0 Å². The second-order valence-corrected chi connectivity index (χ2v) is 6.15. The molecule has 4 rings (SSSR count). The molecule has 1 aromatic heterocycles. The molecule has 0 spiro atoms. The number of benzene rings is 1. The molecular weight excluding hydrogens is 278 g/mol. The molecule has 22 heavy (non-hydrogen) atoms. The predicted octanol–water partition coefficient (Wildman–Crippen LogP) is 1.38. The van der Waals surface area contributed by atoms with E-state index in [1.165, 1.54) is 12.8 Å². The van der Waals surface area contributed by atoms with Crippen molar-refractivity contribution >= 4 is 12.0 Å². The average molecular weight is 295 g/mol. The SMILES string of the molecule is CC(c1nnc(CC2C=c3ccccc3=NC2=O)o1)C1CC1. The summed E-state index contributed by atoms with van der Waals surface area (Å²) in [6.45, 7) is 2.12. The molecule has 2 unspecified atom stereocenters. The molecule has 1 amide bonds. The van der Waals surface area contributed by atoms with Crippen LogP contribution >= 0.6 is 0 Å². The minimum absolute atomic E-state index is 0.145. The summed E-state index contributed by atoms with van der Waals surface area (Å²) < 4.78 is 5.75. The van der Waals surface area contributed by atoms with Gasteiger partial charge in [-0.25, -0.2) is 4.99 Å². The summed E-state index contributed by atoms with van der Waals surface area (Å²) in [6.07, 6.45) is 4.84. The molecule has 1 aromatic carbocycles. The molecule has 0 bridgehead atoms. The van der Waals surface area contributed by atoms with Gasteiger partial charge in [-0.15, -0.1) is 10.2 Å². The van der Waals surface area contributed by atoms with Crippen LogP contribution in [-0.4, -0.2) is 16.1 Å². The number of amides is 1. The number of rotatable bonds is 4. The molecule has 1 fully saturated rings. The molecule has 1 aliphatic carbocycles. The number of nitrogens with zero attached hydrogens (tertiary/aromatic N) is 3. The summed E-state index contributed by atoms with van der Waals surface area (Å²) in [4.78, 5) is 16.3. The zero-order chi connectivity index (χ0) is 15.1. The molecule has 5 nitrogen and oxygen atoms in total. The average Bonchev–Trinajstić information content (AvgIpc) is 3.27. The third-order valence-corrected chi connectivity index (χ3v) is 4.46. The zero-order valence-corrected chi connectivity index (χ0v) is 12.4. The molecule has 1 saturated carbocycles. The van der Waals surface area contributed by atoms with Gasteiger partial charge in [0.1, 0.15) is 0 Å². The summed E-state index contributed by atoms with van der Waals surface area (Å²) in [5.41, 5.74) is 0. The first-order valence-corrected chi connectivity index (χ1v) is 7.72. The number of hydrogen-bond acceptors (Lipinski definition) is 4. The van der Waals surface area contributed by atoms with Crippen molar-refractivity contribution in [3.63, 3.8) is 0 Å². The molecule has 2 aliphatic rings. The third-order valence-electron chi connectivity index (χ3n) is 4.46. The van der Waals surface area contributed by atoms with Crippen molar-refractivity contribution < 1.29 is 9.21 Å². The molecule has 0 N–H and O–H groups in total. The topological polar surface area (TPSA) is 68.3 Å². The quantitative estimate of drug-likeness (QED) is 0.854. The van der Waals surface area contributed by atoms with Crippen LogP contribution in [0.1, 0.15) is 37.5 Å². The van der Waals surface area contributed by atoms with E-state index in [0.29, 0.717) is 30.0 Å². The standard InChI is InChI=1S/C17H17N3O2/c1-10(11-6-7-11)17-20-19-15(22-17)9-13-8-12-4-2-3-5-14(12)18-16(13)21/h2-5,8,10-11,13H,6-7,9H2,1H3. The highest BCUT2D eigenvalue weighted by molar-refractivity contribution is 5.86. The highest BCUT2D eigenvalue weighted by atomic mass is 16.4.